The largest absolute Gasteiger partial charge is 0.335 e. The van der Waals surface area contributed by atoms with Crippen molar-refractivity contribution in [1.82, 2.24) is 19.4 Å². The number of likely N-dealkylation sites (tertiary alicyclic amines) is 1. The maximum absolute atomic E-state index is 4.34. The molecule has 0 N–H and O–H groups in total. The highest BCUT2D eigenvalue weighted by atomic mass is 15.2. The molecule has 4 heteroatoms. The predicted molar refractivity (Wildman–Crippen MR) is 103 cm³/mol. The van der Waals surface area contributed by atoms with E-state index in [2.05, 4.69) is 32.5 Å². The second-order valence-corrected chi connectivity index (χ2v) is 8.70. The summed E-state index contributed by atoms with van der Waals surface area (Å²) < 4.78 is 2.31. The first-order valence-corrected chi connectivity index (χ1v) is 10.7. The van der Waals surface area contributed by atoms with E-state index in [9.17, 15) is 0 Å². The van der Waals surface area contributed by atoms with E-state index < -0.39 is 0 Å². The van der Waals surface area contributed by atoms with Gasteiger partial charge in [0.2, 0.25) is 0 Å². The van der Waals surface area contributed by atoms with Crippen molar-refractivity contribution in [2.24, 2.45) is 11.8 Å². The van der Waals surface area contributed by atoms with E-state index in [1.807, 2.05) is 6.20 Å². The Bertz CT molecular complexity index is 530. The fourth-order valence-corrected chi connectivity index (χ4v) is 5.54. The quantitative estimate of drug-likeness (QED) is 0.816. The molecule has 3 aliphatic heterocycles. The number of hydrogen-bond acceptors (Lipinski definition) is 3. The van der Waals surface area contributed by atoms with Gasteiger partial charge >= 0.3 is 0 Å². The summed E-state index contributed by atoms with van der Waals surface area (Å²) in [5, 5.41) is 0. The summed E-state index contributed by atoms with van der Waals surface area (Å²) in [5.41, 5.74) is 0. The fraction of sp³-hybridized carbons (Fsp3) is 0.857. The standard InChI is InChI=1S/C21H36N4/c1-18-22-10-16-24(18)15-9-19-7-13-23(14-8-19)17-20-5-4-12-25-11-3-2-6-21(20)25/h10,16,19-21H,2-9,11-15,17H2,1H3/t20-,21+/m0/s1. The van der Waals surface area contributed by atoms with Gasteiger partial charge < -0.3 is 14.4 Å². The molecule has 3 saturated heterocycles. The molecule has 0 amide bonds. The molecule has 1 aromatic heterocycles. The molecule has 4 rings (SSSR count). The molecule has 0 aromatic carbocycles. The average molecular weight is 345 g/mol. The van der Waals surface area contributed by atoms with Crippen molar-refractivity contribution < 1.29 is 0 Å². The summed E-state index contributed by atoms with van der Waals surface area (Å²) in [6.07, 6.45) is 15.4. The minimum atomic E-state index is 0.907. The van der Waals surface area contributed by atoms with Crippen LogP contribution in [0.1, 0.15) is 57.2 Å². The Morgan fingerprint density at radius 1 is 1.00 bits per heavy atom. The SMILES string of the molecule is Cc1nccn1CCC1CCN(C[C@@H]2CCCN3CCCC[C@H]23)CC1. The lowest BCUT2D eigenvalue weighted by Crippen LogP contribution is -2.51. The van der Waals surface area contributed by atoms with Crippen LogP contribution in [0.25, 0.3) is 0 Å². The van der Waals surface area contributed by atoms with Gasteiger partial charge in [0.1, 0.15) is 5.82 Å². The second kappa shape index (κ2) is 8.22. The minimum Gasteiger partial charge on any atom is -0.335 e. The van der Waals surface area contributed by atoms with E-state index in [0.717, 1.165) is 30.2 Å². The molecular weight excluding hydrogens is 308 g/mol. The Morgan fingerprint density at radius 3 is 2.64 bits per heavy atom. The van der Waals surface area contributed by atoms with Crippen LogP contribution in [0.5, 0.6) is 0 Å². The molecule has 0 unspecified atom stereocenters. The van der Waals surface area contributed by atoms with Crippen molar-refractivity contribution in [3.8, 4) is 0 Å². The van der Waals surface area contributed by atoms with Crippen molar-refractivity contribution in [2.45, 2.75) is 70.9 Å². The number of rotatable bonds is 5. The van der Waals surface area contributed by atoms with Crippen LogP contribution in [0.3, 0.4) is 0 Å². The number of piperidine rings is 3. The van der Waals surface area contributed by atoms with Gasteiger partial charge in [-0.1, -0.05) is 6.42 Å². The highest BCUT2D eigenvalue weighted by molar-refractivity contribution is 4.90. The molecule has 25 heavy (non-hydrogen) atoms. The van der Waals surface area contributed by atoms with Gasteiger partial charge in [0, 0.05) is 31.5 Å². The summed E-state index contributed by atoms with van der Waals surface area (Å²) in [4.78, 5) is 9.95. The van der Waals surface area contributed by atoms with Crippen molar-refractivity contribution in [1.29, 1.82) is 0 Å². The Morgan fingerprint density at radius 2 is 1.84 bits per heavy atom. The predicted octanol–water partition coefficient (Wildman–Crippen LogP) is 3.56. The summed E-state index contributed by atoms with van der Waals surface area (Å²) in [6, 6.07) is 0.907. The molecule has 0 spiro atoms. The normalized spacial score (nSPS) is 29.6. The molecule has 2 atom stereocenters. The third-order valence-electron chi connectivity index (χ3n) is 7.13. The van der Waals surface area contributed by atoms with Crippen molar-refractivity contribution in [2.75, 3.05) is 32.7 Å². The molecule has 4 heterocycles. The van der Waals surface area contributed by atoms with E-state index in [1.54, 1.807) is 0 Å². The molecule has 0 bridgehead atoms. The molecule has 0 radical (unpaired) electrons. The number of fused-ring (bicyclic) bond motifs is 1. The molecule has 3 fully saturated rings. The summed E-state index contributed by atoms with van der Waals surface area (Å²) in [5.74, 6) is 3.02. The molecule has 0 saturated carbocycles. The number of nitrogens with zero attached hydrogens (tertiary/aromatic N) is 4. The van der Waals surface area contributed by atoms with Crippen LogP contribution >= 0.6 is 0 Å². The van der Waals surface area contributed by atoms with Crippen molar-refractivity contribution in [3.05, 3.63) is 18.2 Å². The zero-order valence-electron chi connectivity index (χ0n) is 16.1. The topological polar surface area (TPSA) is 24.3 Å². The molecule has 4 nitrogen and oxygen atoms in total. The fourth-order valence-electron chi connectivity index (χ4n) is 5.54. The summed E-state index contributed by atoms with van der Waals surface area (Å²) in [7, 11) is 0. The second-order valence-electron chi connectivity index (χ2n) is 8.70. The van der Waals surface area contributed by atoms with Gasteiger partial charge in [0.15, 0.2) is 0 Å². The lowest BCUT2D eigenvalue weighted by Gasteiger charge is -2.46. The highest BCUT2D eigenvalue weighted by Crippen LogP contribution is 2.32. The lowest BCUT2D eigenvalue weighted by molar-refractivity contribution is 0.0332. The van der Waals surface area contributed by atoms with E-state index in [0.29, 0.717) is 0 Å². The van der Waals surface area contributed by atoms with Crippen LogP contribution in [-0.4, -0.2) is 58.1 Å². The molecule has 140 valence electrons. The van der Waals surface area contributed by atoms with E-state index in [4.69, 9.17) is 0 Å². The van der Waals surface area contributed by atoms with Crippen molar-refractivity contribution >= 4 is 0 Å². The lowest BCUT2D eigenvalue weighted by atomic mass is 9.82. The summed E-state index contributed by atoms with van der Waals surface area (Å²) in [6.45, 7) is 10.0. The smallest absolute Gasteiger partial charge is 0.105 e. The average Bonchev–Trinajstić information content (AvgIpc) is 3.06. The van der Waals surface area contributed by atoms with Gasteiger partial charge in [0.05, 0.1) is 0 Å². The maximum Gasteiger partial charge on any atom is 0.105 e. The van der Waals surface area contributed by atoms with Gasteiger partial charge in [-0.2, -0.15) is 0 Å². The van der Waals surface area contributed by atoms with Crippen LogP contribution in [0, 0.1) is 18.8 Å². The van der Waals surface area contributed by atoms with Crippen LogP contribution in [0.4, 0.5) is 0 Å². The van der Waals surface area contributed by atoms with E-state index in [-0.39, 0.29) is 0 Å². The Labute approximate surface area is 153 Å². The van der Waals surface area contributed by atoms with Crippen LogP contribution in [-0.2, 0) is 6.54 Å². The third kappa shape index (κ3) is 4.28. The molecule has 1 aromatic rings. The minimum absolute atomic E-state index is 0.907. The molecule has 0 aliphatic carbocycles. The van der Waals surface area contributed by atoms with Gasteiger partial charge in [-0.05, 0) is 89.9 Å². The zero-order chi connectivity index (χ0) is 17.1. The van der Waals surface area contributed by atoms with Gasteiger partial charge in [-0.25, -0.2) is 4.98 Å². The number of hydrogen-bond donors (Lipinski definition) is 0. The number of imidazole rings is 1. The molecule has 3 aliphatic rings. The third-order valence-corrected chi connectivity index (χ3v) is 7.13. The monoisotopic (exact) mass is 344 g/mol. The maximum atomic E-state index is 4.34. The number of aromatic nitrogens is 2. The van der Waals surface area contributed by atoms with Crippen LogP contribution in [0.2, 0.25) is 0 Å². The first-order valence-electron chi connectivity index (χ1n) is 10.7. The summed E-state index contributed by atoms with van der Waals surface area (Å²) >= 11 is 0. The van der Waals surface area contributed by atoms with Gasteiger partial charge in [0.25, 0.3) is 0 Å². The first kappa shape index (κ1) is 17.5. The highest BCUT2D eigenvalue weighted by Gasteiger charge is 2.34. The Balaban J connectivity index is 1.21. The first-order chi connectivity index (χ1) is 12.3. The van der Waals surface area contributed by atoms with Gasteiger partial charge in [-0.15, -0.1) is 0 Å². The van der Waals surface area contributed by atoms with Crippen LogP contribution in [0.15, 0.2) is 12.4 Å². The Kier molecular flexibility index (Phi) is 5.76. The van der Waals surface area contributed by atoms with Crippen molar-refractivity contribution in [3.63, 3.8) is 0 Å². The van der Waals surface area contributed by atoms with Gasteiger partial charge in [-0.3, -0.25) is 0 Å². The Hall–Kier alpha value is -0.870. The molecular formula is C21H36N4. The number of aryl methyl sites for hydroxylation is 2. The van der Waals surface area contributed by atoms with E-state index in [1.165, 1.54) is 84.1 Å². The zero-order valence-corrected chi connectivity index (χ0v) is 16.1. The van der Waals surface area contributed by atoms with Crippen LogP contribution < -0.4 is 0 Å². The van der Waals surface area contributed by atoms with E-state index >= 15 is 0 Å².